The zero-order valence-electron chi connectivity index (χ0n) is 15.5. The molecule has 1 amide bonds. The first-order chi connectivity index (χ1) is 13.5. The van der Waals surface area contributed by atoms with Gasteiger partial charge in [-0.3, -0.25) is 4.79 Å². The Morgan fingerprint density at radius 2 is 1.79 bits per heavy atom. The van der Waals surface area contributed by atoms with Crippen molar-refractivity contribution < 1.29 is 14.3 Å². The first kappa shape index (κ1) is 18.9. The van der Waals surface area contributed by atoms with Gasteiger partial charge in [0.2, 0.25) is 0 Å². The number of hydrogen-bond acceptors (Lipinski definition) is 5. The number of anilines is 1. The van der Waals surface area contributed by atoms with Crippen molar-refractivity contribution in [1.82, 2.24) is 9.78 Å². The standard InChI is InChI=1S/C21H18N4O3/c1-14-20(15(2)25(24-14)17-9-4-3-5-10-17)21(27)28-13-19(26)23-18-11-7-6-8-16(18)12-22/h3-11H,13H2,1-2H3,(H,23,26). The molecule has 0 unspecified atom stereocenters. The summed E-state index contributed by atoms with van der Waals surface area (Å²) in [6.45, 7) is 3.02. The molecule has 3 rings (SSSR count). The lowest BCUT2D eigenvalue weighted by atomic mass is 10.2. The lowest BCUT2D eigenvalue weighted by molar-refractivity contribution is -0.119. The van der Waals surface area contributed by atoms with E-state index in [9.17, 15) is 9.59 Å². The monoisotopic (exact) mass is 374 g/mol. The average Bonchev–Trinajstić information content (AvgIpc) is 3.01. The third-order valence-corrected chi connectivity index (χ3v) is 4.15. The summed E-state index contributed by atoms with van der Waals surface area (Å²) in [6.07, 6.45) is 0. The highest BCUT2D eigenvalue weighted by Gasteiger charge is 2.21. The minimum atomic E-state index is -0.624. The van der Waals surface area contributed by atoms with Gasteiger partial charge in [-0.2, -0.15) is 10.4 Å². The van der Waals surface area contributed by atoms with E-state index >= 15 is 0 Å². The van der Waals surface area contributed by atoms with E-state index in [0.29, 0.717) is 28.2 Å². The van der Waals surface area contributed by atoms with E-state index in [1.54, 1.807) is 42.8 Å². The first-order valence-electron chi connectivity index (χ1n) is 8.59. The smallest absolute Gasteiger partial charge is 0.342 e. The third-order valence-electron chi connectivity index (χ3n) is 4.15. The Bertz CT molecular complexity index is 1060. The number of para-hydroxylation sites is 2. The quantitative estimate of drug-likeness (QED) is 0.692. The van der Waals surface area contributed by atoms with Crippen LogP contribution in [0.1, 0.15) is 27.3 Å². The number of esters is 1. The summed E-state index contributed by atoms with van der Waals surface area (Å²) in [4.78, 5) is 24.6. The Morgan fingerprint density at radius 3 is 2.50 bits per heavy atom. The molecule has 0 saturated carbocycles. The molecule has 7 heteroatoms. The molecule has 0 atom stereocenters. The highest BCUT2D eigenvalue weighted by atomic mass is 16.5. The van der Waals surface area contributed by atoms with Crippen molar-refractivity contribution in [2.45, 2.75) is 13.8 Å². The van der Waals surface area contributed by atoms with Crippen LogP contribution in [0, 0.1) is 25.2 Å². The second kappa shape index (κ2) is 8.18. The number of amides is 1. The molecular weight excluding hydrogens is 356 g/mol. The molecule has 0 aliphatic rings. The number of nitriles is 1. The minimum Gasteiger partial charge on any atom is -0.452 e. The van der Waals surface area contributed by atoms with E-state index in [1.165, 1.54) is 0 Å². The van der Waals surface area contributed by atoms with Gasteiger partial charge in [0.05, 0.1) is 28.3 Å². The van der Waals surface area contributed by atoms with Gasteiger partial charge in [-0.1, -0.05) is 30.3 Å². The number of hydrogen-bond donors (Lipinski definition) is 1. The Kier molecular flexibility index (Phi) is 5.51. The molecule has 1 aromatic heterocycles. The Morgan fingerprint density at radius 1 is 1.11 bits per heavy atom. The van der Waals surface area contributed by atoms with Crippen LogP contribution in [0.3, 0.4) is 0 Å². The number of nitrogens with one attached hydrogen (secondary N) is 1. The summed E-state index contributed by atoms with van der Waals surface area (Å²) in [5.41, 5.74) is 3.00. The number of carbonyl (C=O) groups excluding carboxylic acids is 2. The highest BCUT2D eigenvalue weighted by molar-refractivity contribution is 5.97. The van der Waals surface area contributed by atoms with Crippen LogP contribution in [0.25, 0.3) is 5.69 Å². The molecule has 3 aromatic rings. The van der Waals surface area contributed by atoms with Crippen LogP contribution in [0.15, 0.2) is 54.6 Å². The lowest BCUT2D eigenvalue weighted by Gasteiger charge is -2.08. The molecule has 1 N–H and O–H groups in total. The van der Waals surface area contributed by atoms with Crippen molar-refractivity contribution in [2.24, 2.45) is 0 Å². The van der Waals surface area contributed by atoms with E-state index in [1.807, 2.05) is 36.4 Å². The molecule has 1 heterocycles. The first-order valence-corrected chi connectivity index (χ1v) is 8.59. The Balaban J connectivity index is 1.69. The van der Waals surface area contributed by atoms with Crippen LogP contribution >= 0.6 is 0 Å². The zero-order valence-corrected chi connectivity index (χ0v) is 15.5. The van der Waals surface area contributed by atoms with Crippen molar-refractivity contribution in [2.75, 3.05) is 11.9 Å². The summed E-state index contributed by atoms with van der Waals surface area (Å²) in [5, 5.41) is 16.0. The second-order valence-electron chi connectivity index (χ2n) is 6.07. The number of carbonyl (C=O) groups is 2. The zero-order chi connectivity index (χ0) is 20.1. The van der Waals surface area contributed by atoms with E-state index in [-0.39, 0.29) is 0 Å². The van der Waals surface area contributed by atoms with Crippen LogP contribution in [-0.2, 0) is 9.53 Å². The maximum atomic E-state index is 12.5. The molecule has 0 bridgehead atoms. The molecule has 140 valence electrons. The summed E-state index contributed by atoms with van der Waals surface area (Å²) < 4.78 is 6.82. The van der Waals surface area contributed by atoms with Gasteiger partial charge < -0.3 is 10.1 Å². The van der Waals surface area contributed by atoms with Gasteiger partial charge in [0.1, 0.15) is 11.6 Å². The maximum Gasteiger partial charge on any atom is 0.342 e. The van der Waals surface area contributed by atoms with E-state index < -0.39 is 18.5 Å². The number of nitrogens with zero attached hydrogens (tertiary/aromatic N) is 3. The second-order valence-corrected chi connectivity index (χ2v) is 6.07. The normalized spacial score (nSPS) is 10.2. The lowest BCUT2D eigenvalue weighted by Crippen LogP contribution is -2.21. The van der Waals surface area contributed by atoms with Crippen molar-refractivity contribution in [1.29, 1.82) is 5.26 Å². The molecule has 0 aliphatic heterocycles. The fourth-order valence-electron chi connectivity index (χ4n) is 2.84. The molecule has 0 aliphatic carbocycles. The summed E-state index contributed by atoms with van der Waals surface area (Å²) in [7, 11) is 0. The Hall–Kier alpha value is -3.92. The molecule has 0 spiro atoms. The fraction of sp³-hybridized carbons (Fsp3) is 0.143. The topological polar surface area (TPSA) is 97.0 Å². The minimum absolute atomic E-state index is 0.328. The molecule has 0 saturated heterocycles. The molecule has 28 heavy (non-hydrogen) atoms. The number of ether oxygens (including phenoxy) is 1. The molecule has 2 aromatic carbocycles. The number of rotatable bonds is 5. The van der Waals surface area contributed by atoms with Crippen molar-refractivity contribution in [3.63, 3.8) is 0 Å². The summed E-state index contributed by atoms with van der Waals surface area (Å²) in [6, 6.07) is 18.0. The molecule has 0 radical (unpaired) electrons. The molecule has 7 nitrogen and oxygen atoms in total. The van der Waals surface area contributed by atoms with Gasteiger partial charge in [0, 0.05) is 0 Å². The van der Waals surface area contributed by atoms with Crippen molar-refractivity contribution in [3.8, 4) is 11.8 Å². The predicted octanol–water partition coefficient (Wildman–Crippen LogP) is 3.16. The van der Waals surface area contributed by atoms with E-state index in [0.717, 1.165) is 5.69 Å². The van der Waals surface area contributed by atoms with Gasteiger partial charge in [-0.25, -0.2) is 9.48 Å². The maximum absolute atomic E-state index is 12.5. The van der Waals surface area contributed by atoms with Gasteiger partial charge in [0.15, 0.2) is 6.61 Å². The molecule has 0 fully saturated rings. The third kappa shape index (κ3) is 3.91. The van der Waals surface area contributed by atoms with E-state index in [4.69, 9.17) is 10.00 Å². The summed E-state index contributed by atoms with van der Waals surface area (Å²) in [5.74, 6) is -1.15. The van der Waals surface area contributed by atoms with Gasteiger partial charge in [-0.15, -0.1) is 0 Å². The van der Waals surface area contributed by atoms with Crippen LogP contribution in [0.2, 0.25) is 0 Å². The fourth-order valence-corrected chi connectivity index (χ4v) is 2.84. The SMILES string of the molecule is Cc1nn(-c2ccccc2)c(C)c1C(=O)OCC(=O)Nc1ccccc1C#N. The van der Waals surface area contributed by atoms with Crippen LogP contribution in [0.4, 0.5) is 5.69 Å². The largest absolute Gasteiger partial charge is 0.452 e. The van der Waals surface area contributed by atoms with Gasteiger partial charge in [-0.05, 0) is 38.1 Å². The van der Waals surface area contributed by atoms with Crippen LogP contribution < -0.4 is 5.32 Å². The van der Waals surface area contributed by atoms with Crippen molar-refractivity contribution >= 4 is 17.6 Å². The van der Waals surface area contributed by atoms with Gasteiger partial charge in [0.25, 0.3) is 5.91 Å². The van der Waals surface area contributed by atoms with Crippen LogP contribution in [0.5, 0.6) is 0 Å². The Labute approximate surface area is 162 Å². The predicted molar refractivity (Wildman–Crippen MR) is 103 cm³/mol. The number of aryl methyl sites for hydroxylation is 1. The summed E-state index contributed by atoms with van der Waals surface area (Å²) >= 11 is 0. The van der Waals surface area contributed by atoms with Crippen molar-refractivity contribution in [3.05, 3.63) is 77.1 Å². The molecular formula is C21H18N4O3. The van der Waals surface area contributed by atoms with Gasteiger partial charge >= 0.3 is 5.97 Å². The highest BCUT2D eigenvalue weighted by Crippen LogP contribution is 2.19. The number of benzene rings is 2. The average molecular weight is 374 g/mol. The van der Waals surface area contributed by atoms with Crippen LogP contribution in [-0.4, -0.2) is 28.3 Å². The number of aromatic nitrogens is 2. The van der Waals surface area contributed by atoms with E-state index in [2.05, 4.69) is 10.4 Å².